The van der Waals surface area contributed by atoms with Gasteiger partial charge in [0.15, 0.2) is 0 Å². The highest BCUT2D eigenvalue weighted by atomic mass is 16.5. The molecule has 2 aromatic rings. The Morgan fingerprint density at radius 1 is 1.04 bits per heavy atom. The van der Waals surface area contributed by atoms with Gasteiger partial charge in [0, 0.05) is 37.7 Å². The lowest BCUT2D eigenvalue weighted by molar-refractivity contribution is -0.123. The normalized spacial score (nSPS) is 23.4. The van der Waals surface area contributed by atoms with Gasteiger partial charge in [-0.25, -0.2) is 0 Å². The second-order valence-corrected chi connectivity index (χ2v) is 6.76. The van der Waals surface area contributed by atoms with Crippen LogP contribution in [0.5, 0.6) is 5.75 Å². The molecule has 0 aliphatic carbocycles. The first-order chi connectivity index (χ1) is 11.8. The van der Waals surface area contributed by atoms with Gasteiger partial charge in [-0.15, -0.1) is 0 Å². The number of piperidine rings is 1. The topological polar surface area (TPSA) is 42.4 Å². The van der Waals surface area contributed by atoms with Crippen molar-refractivity contribution in [3.05, 3.63) is 59.9 Å². The van der Waals surface area contributed by atoms with Crippen LogP contribution in [0, 0.1) is 0 Å². The minimum absolute atomic E-state index is 0.442. The predicted molar refractivity (Wildman–Crippen MR) is 91.6 cm³/mol. The van der Waals surface area contributed by atoms with Gasteiger partial charge >= 0.3 is 0 Å². The number of carbonyl (C=O) groups is 1. The number of nitrogens with zero attached hydrogens (tertiary/aromatic N) is 2. The summed E-state index contributed by atoms with van der Waals surface area (Å²) in [6.45, 7) is 1.42. The number of carbonyl (C=O) groups excluding carboxylic acids is 1. The molecule has 0 N–H and O–H groups in total. The first-order valence-corrected chi connectivity index (χ1v) is 8.67. The van der Waals surface area contributed by atoms with Crippen molar-refractivity contribution in [3.8, 4) is 5.75 Å². The Hall–Kier alpha value is -2.20. The third-order valence-electron chi connectivity index (χ3n) is 5.10. The number of benzene rings is 1. The van der Waals surface area contributed by atoms with Gasteiger partial charge < -0.3 is 4.74 Å². The summed E-state index contributed by atoms with van der Waals surface area (Å²) in [5, 5.41) is 0. The first kappa shape index (κ1) is 15.3. The third kappa shape index (κ3) is 3.34. The number of hydrogen-bond donors (Lipinski definition) is 0. The number of pyridine rings is 1. The van der Waals surface area contributed by atoms with E-state index in [1.54, 1.807) is 6.20 Å². The van der Waals surface area contributed by atoms with E-state index in [-0.39, 0.29) is 0 Å². The summed E-state index contributed by atoms with van der Waals surface area (Å²) in [4.78, 5) is 18.5. The van der Waals surface area contributed by atoms with Crippen molar-refractivity contribution in [1.29, 1.82) is 0 Å². The maximum Gasteiger partial charge on any atom is 0.136 e. The SMILES string of the molecule is O=C1CC2CCC(C1)N2Cc1ccc(OCc2ccccn2)cc1. The van der Waals surface area contributed by atoms with Crippen molar-refractivity contribution in [2.24, 2.45) is 0 Å². The van der Waals surface area contributed by atoms with Crippen LogP contribution in [0.4, 0.5) is 0 Å². The highest BCUT2D eigenvalue weighted by Crippen LogP contribution is 2.35. The first-order valence-electron chi connectivity index (χ1n) is 8.67. The summed E-state index contributed by atoms with van der Waals surface area (Å²) in [7, 11) is 0. The lowest BCUT2D eigenvalue weighted by atomic mass is 10.0. The molecule has 24 heavy (non-hydrogen) atoms. The zero-order chi connectivity index (χ0) is 16.4. The smallest absolute Gasteiger partial charge is 0.136 e. The summed E-state index contributed by atoms with van der Waals surface area (Å²) >= 11 is 0. The van der Waals surface area contributed by atoms with Crippen LogP contribution in [0.15, 0.2) is 48.7 Å². The molecule has 0 amide bonds. The number of ether oxygens (including phenoxy) is 1. The maximum atomic E-state index is 11.7. The monoisotopic (exact) mass is 322 g/mol. The average molecular weight is 322 g/mol. The van der Waals surface area contributed by atoms with Gasteiger partial charge in [-0.2, -0.15) is 0 Å². The van der Waals surface area contributed by atoms with Crippen LogP contribution in [-0.4, -0.2) is 27.8 Å². The molecular formula is C20H22N2O2. The fourth-order valence-electron chi connectivity index (χ4n) is 3.86. The third-order valence-corrected chi connectivity index (χ3v) is 5.10. The molecule has 2 aliphatic heterocycles. The van der Waals surface area contributed by atoms with Crippen molar-refractivity contribution >= 4 is 5.78 Å². The molecule has 2 saturated heterocycles. The number of ketones is 1. The molecule has 2 aliphatic rings. The molecule has 4 heteroatoms. The van der Waals surface area contributed by atoms with Gasteiger partial charge in [0.05, 0.1) is 5.69 Å². The molecule has 1 aromatic carbocycles. The molecule has 0 spiro atoms. The quantitative estimate of drug-likeness (QED) is 0.846. The van der Waals surface area contributed by atoms with Gasteiger partial charge in [0.2, 0.25) is 0 Å². The van der Waals surface area contributed by atoms with Gasteiger partial charge in [-0.05, 0) is 42.7 Å². The number of Topliss-reactive ketones (excluding diaryl/α,β-unsaturated/α-hetero) is 1. The Morgan fingerprint density at radius 2 is 1.79 bits per heavy atom. The largest absolute Gasteiger partial charge is 0.487 e. The second-order valence-electron chi connectivity index (χ2n) is 6.76. The molecule has 0 radical (unpaired) electrons. The Labute approximate surface area is 142 Å². The molecule has 2 bridgehead atoms. The molecule has 2 fully saturated rings. The Kier molecular flexibility index (Phi) is 4.30. The van der Waals surface area contributed by atoms with Crippen LogP contribution in [0.25, 0.3) is 0 Å². The van der Waals surface area contributed by atoms with E-state index in [0.29, 0.717) is 24.5 Å². The molecule has 1 aromatic heterocycles. The summed E-state index contributed by atoms with van der Waals surface area (Å²) in [6.07, 6.45) is 5.59. The van der Waals surface area contributed by atoms with E-state index in [4.69, 9.17) is 4.74 Å². The highest BCUT2D eigenvalue weighted by Gasteiger charge is 2.39. The van der Waals surface area contributed by atoms with Crippen molar-refractivity contribution in [2.45, 2.75) is 50.9 Å². The number of fused-ring (bicyclic) bond motifs is 2. The van der Waals surface area contributed by atoms with E-state index >= 15 is 0 Å². The van der Waals surface area contributed by atoms with E-state index in [1.165, 1.54) is 18.4 Å². The van der Waals surface area contributed by atoms with Crippen LogP contribution < -0.4 is 4.74 Å². The Bertz CT molecular complexity index is 683. The van der Waals surface area contributed by atoms with Crippen molar-refractivity contribution in [2.75, 3.05) is 0 Å². The van der Waals surface area contributed by atoms with E-state index in [9.17, 15) is 4.79 Å². The minimum Gasteiger partial charge on any atom is -0.487 e. The van der Waals surface area contributed by atoms with E-state index in [0.717, 1.165) is 30.8 Å². The van der Waals surface area contributed by atoms with Crippen LogP contribution in [0.1, 0.15) is 36.9 Å². The zero-order valence-electron chi connectivity index (χ0n) is 13.7. The van der Waals surface area contributed by atoms with Gasteiger partial charge in [-0.1, -0.05) is 18.2 Å². The van der Waals surface area contributed by atoms with E-state index in [2.05, 4.69) is 22.0 Å². The lowest BCUT2D eigenvalue weighted by Gasteiger charge is -2.33. The summed E-state index contributed by atoms with van der Waals surface area (Å²) in [5.41, 5.74) is 2.21. The zero-order valence-corrected chi connectivity index (χ0v) is 13.7. The van der Waals surface area contributed by atoms with Gasteiger partial charge in [0.25, 0.3) is 0 Å². The molecule has 0 saturated carbocycles. The van der Waals surface area contributed by atoms with Crippen LogP contribution in [0.2, 0.25) is 0 Å². The van der Waals surface area contributed by atoms with E-state index in [1.807, 2.05) is 30.3 Å². The Morgan fingerprint density at radius 3 is 2.46 bits per heavy atom. The maximum absolute atomic E-state index is 11.7. The fraction of sp³-hybridized carbons (Fsp3) is 0.400. The van der Waals surface area contributed by atoms with Gasteiger partial charge in [0.1, 0.15) is 18.1 Å². The summed E-state index contributed by atoms with van der Waals surface area (Å²) in [5.74, 6) is 1.30. The van der Waals surface area contributed by atoms with Crippen molar-refractivity contribution in [3.63, 3.8) is 0 Å². The summed E-state index contributed by atoms with van der Waals surface area (Å²) in [6, 6.07) is 15.0. The molecule has 3 heterocycles. The van der Waals surface area contributed by atoms with Gasteiger partial charge in [-0.3, -0.25) is 14.7 Å². The summed E-state index contributed by atoms with van der Waals surface area (Å²) < 4.78 is 5.78. The van der Waals surface area contributed by atoms with Crippen LogP contribution >= 0.6 is 0 Å². The molecule has 4 rings (SSSR count). The minimum atomic E-state index is 0.442. The molecule has 4 nitrogen and oxygen atoms in total. The van der Waals surface area contributed by atoms with Crippen LogP contribution in [0.3, 0.4) is 0 Å². The lowest BCUT2D eigenvalue weighted by Crippen LogP contribution is -2.42. The van der Waals surface area contributed by atoms with Crippen molar-refractivity contribution in [1.82, 2.24) is 9.88 Å². The average Bonchev–Trinajstić information content (AvgIpc) is 2.85. The fourth-order valence-corrected chi connectivity index (χ4v) is 3.86. The predicted octanol–water partition coefficient (Wildman–Crippen LogP) is 3.36. The second kappa shape index (κ2) is 6.73. The van der Waals surface area contributed by atoms with Crippen LogP contribution in [-0.2, 0) is 17.9 Å². The molecular weight excluding hydrogens is 300 g/mol. The molecule has 2 atom stereocenters. The highest BCUT2D eigenvalue weighted by molar-refractivity contribution is 5.80. The Balaban J connectivity index is 1.35. The number of aromatic nitrogens is 1. The number of hydrogen-bond acceptors (Lipinski definition) is 4. The number of rotatable bonds is 5. The molecule has 2 unspecified atom stereocenters. The van der Waals surface area contributed by atoms with Crippen molar-refractivity contribution < 1.29 is 9.53 Å². The van der Waals surface area contributed by atoms with E-state index < -0.39 is 0 Å². The molecule has 124 valence electrons. The standard InChI is InChI=1S/C20H22N2O2/c23-19-11-17-6-7-18(12-19)22(17)13-15-4-8-20(9-5-15)24-14-16-3-1-2-10-21-16/h1-5,8-10,17-18H,6-7,11-14H2.